The molecular formula is C17H27NO3. The normalized spacial score (nSPS) is 14.4. The number of hydrogen-bond donors (Lipinski definition) is 1. The Labute approximate surface area is 127 Å². The molecule has 0 aliphatic rings. The summed E-state index contributed by atoms with van der Waals surface area (Å²) in [6.07, 6.45) is 0.440. The van der Waals surface area contributed by atoms with Gasteiger partial charge in [-0.05, 0) is 36.5 Å². The van der Waals surface area contributed by atoms with Crippen LogP contribution < -0.4 is 10.5 Å². The molecule has 0 aliphatic heterocycles. The van der Waals surface area contributed by atoms with E-state index in [1.54, 1.807) is 14.0 Å². The first-order valence-electron chi connectivity index (χ1n) is 7.35. The third kappa shape index (κ3) is 3.56. The molecule has 0 fully saturated rings. The standard InChI is InChI=1S/C17H27NO3/c1-7-17(18,15(19)21-8-2)13-11-12(16(3,4)5)9-10-14(13)20-6/h9-11H,7-8,18H2,1-6H3. The van der Waals surface area contributed by atoms with Crippen LogP contribution in [-0.4, -0.2) is 19.7 Å². The fourth-order valence-corrected chi connectivity index (χ4v) is 2.23. The number of esters is 1. The lowest BCUT2D eigenvalue weighted by Gasteiger charge is -2.30. The van der Waals surface area contributed by atoms with Crippen LogP contribution >= 0.6 is 0 Å². The maximum atomic E-state index is 12.3. The van der Waals surface area contributed by atoms with Crippen LogP contribution in [0.4, 0.5) is 0 Å². The second kappa shape index (κ2) is 6.48. The molecule has 0 saturated heterocycles. The van der Waals surface area contributed by atoms with Crippen LogP contribution in [0.2, 0.25) is 0 Å². The summed E-state index contributed by atoms with van der Waals surface area (Å²) in [4.78, 5) is 12.3. The zero-order valence-corrected chi connectivity index (χ0v) is 13.9. The number of rotatable bonds is 5. The average Bonchev–Trinajstić information content (AvgIpc) is 2.44. The van der Waals surface area contributed by atoms with E-state index in [1.165, 1.54) is 0 Å². The quantitative estimate of drug-likeness (QED) is 0.847. The Bertz CT molecular complexity index is 505. The van der Waals surface area contributed by atoms with Crippen molar-refractivity contribution in [3.05, 3.63) is 29.3 Å². The molecule has 1 aromatic carbocycles. The van der Waals surface area contributed by atoms with Gasteiger partial charge in [0.25, 0.3) is 0 Å². The largest absolute Gasteiger partial charge is 0.496 e. The van der Waals surface area contributed by atoms with Crippen LogP contribution in [-0.2, 0) is 20.5 Å². The van der Waals surface area contributed by atoms with Crippen molar-refractivity contribution in [3.8, 4) is 5.75 Å². The van der Waals surface area contributed by atoms with Gasteiger partial charge in [0, 0.05) is 5.56 Å². The van der Waals surface area contributed by atoms with Crippen LogP contribution in [0.15, 0.2) is 18.2 Å². The van der Waals surface area contributed by atoms with Gasteiger partial charge in [-0.1, -0.05) is 33.8 Å². The number of benzene rings is 1. The summed E-state index contributed by atoms with van der Waals surface area (Å²) in [5.74, 6) is 0.192. The number of hydrogen-bond acceptors (Lipinski definition) is 4. The van der Waals surface area contributed by atoms with Crippen molar-refractivity contribution in [1.29, 1.82) is 0 Å². The van der Waals surface area contributed by atoms with E-state index < -0.39 is 11.5 Å². The highest BCUT2D eigenvalue weighted by Crippen LogP contribution is 2.35. The predicted octanol–water partition coefficient (Wildman–Crippen LogP) is 3.12. The highest BCUT2D eigenvalue weighted by atomic mass is 16.5. The molecule has 0 amide bonds. The van der Waals surface area contributed by atoms with E-state index in [-0.39, 0.29) is 5.41 Å². The lowest BCUT2D eigenvalue weighted by atomic mass is 9.81. The molecule has 0 heterocycles. The molecular weight excluding hydrogens is 266 g/mol. The van der Waals surface area contributed by atoms with Gasteiger partial charge in [0.15, 0.2) is 0 Å². The summed E-state index contributed by atoms with van der Waals surface area (Å²) < 4.78 is 10.6. The van der Waals surface area contributed by atoms with Gasteiger partial charge in [-0.15, -0.1) is 0 Å². The van der Waals surface area contributed by atoms with E-state index in [1.807, 2.05) is 25.1 Å². The lowest BCUT2D eigenvalue weighted by molar-refractivity contribution is -0.150. The van der Waals surface area contributed by atoms with Gasteiger partial charge in [0.1, 0.15) is 11.3 Å². The Balaban J connectivity index is 3.46. The Morgan fingerprint density at radius 3 is 2.29 bits per heavy atom. The topological polar surface area (TPSA) is 61.5 Å². The molecule has 0 radical (unpaired) electrons. The minimum Gasteiger partial charge on any atom is -0.496 e. The van der Waals surface area contributed by atoms with Crippen molar-refractivity contribution < 1.29 is 14.3 Å². The molecule has 118 valence electrons. The third-order valence-corrected chi connectivity index (χ3v) is 3.74. The molecule has 4 nitrogen and oxygen atoms in total. The number of carbonyl (C=O) groups excluding carboxylic acids is 1. The lowest BCUT2D eigenvalue weighted by Crippen LogP contribution is -2.46. The molecule has 1 rings (SSSR count). The van der Waals surface area contributed by atoms with Gasteiger partial charge in [-0.3, -0.25) is 0 Å². The van der Waals surface area contributed by atoms with Crippen molar-refractivity contribution in [1.82, 2.24) is 0 Å². The average molecular weight is 293 g/mol. The Hall–Kier alpha value is -1.55. The number of ether oxygens (including phenoxy) is 2. The zero-order chi connectivity index (χ0) is 16.3. The molecule has 0 aliphatic carbocycles. The highest BCUT2D eigenvalue weighted by molar-refractivity contribution is 5.83. The van der Waals surface area contributed by atoms with E-state index in [2.05, 4.69) is 20.8 Å². The fraction of sp³-hybridized carbons (Fsp3) is 0.588. The molecule has 1 aromatic rings. The Kier molecular flexibility index (Phi) is 5.40. The Morgan fingerprint density at radius 2 is 1.86 bits per heavy atom. The van der Waals surface area contributed by atoms with Crippen molar-refractivity contribution in [2.75, 3.05) is 13.7 Å². The second-order valence-corrected chi connectivity index (χ2v) is 6.21. The minimum absolute atomic E-state index is 0.0374. The highest BCUT2D eigenvalue weighted by Gasteiger charge is 2.39. The first kappa shape index (κ1) is 17.5. The monoisotopic (exact) mass is 293 g/mol. The summed E-state index contributed by atoms with van der Waals surface area (Å²) in [6, 6.07) is 5.83. The first-order valence-corrected chi connectivity index (χ1v) is 7.35. The van der Waals surface area contributed by atoms with Crippen molar-refractivity contribution >= 4 is 5.97 Å². The van der Waals surface area contributed by atoms with Gasteiger partial charge in [-0.25, -0.2) is 4.79 Å². The van der Waals surface area contributed by atoms with Crippen molar-refractivity contribution in [2.24, 2.45) is 5.73 Å². The molecule has 0 saturated carbocycles. The van der Waals surface area contributed by atoms with Crippen LogP contribution in [0, 0.1) is 0 Å². The van der Waals surface area contributed by atoms with Gasteiger partial charge in [-0.2, -0.15) is 0 Å². The molecule has 21 heavy (non-hydrogen) atoms. The maximum absolute atomic E-state index is 12.3. The second-order valence-electron chi connectivity index (χ2n) is 6.21. The van der Waals surface area contributed by atoms with Crippen LogP contribution in [0.3, 0.4) is 0 Å². The summed E-state index contributed by atoms with van der Waals surface area (Å²) in [5.41, 5.74) is 6.93. The minimum atomic E-state index is -1.19. The fourth-order valence-electron chi connectivity index (χ4n) is 2.23. The Morgan fingerprint density at radius 1 is 1.24 bits per heavy atom. The summed E-state index contributed by atoms with van der Waals surface area (Å²) >= 11 is 0. The van der Waals surface area contributed by atoms with E-state index in [4.69, 9.17) is 15.2 Å². The molecule has 1 unspecified atom stereocenters. The zero-order valence-electron chi connectivity index (χ0n) is 13.9. The number of carbonyl (C=O) groups is 1. The predicted molar refractivity (Wildman–Crippen MR) is 84.5 cm³/mol. The summed E-state index contributed by atoms with van der Waals surface area (Å²) in [7, 11) is 1.58. The summed E-state index contributed by atoms with van der Waals surface area (Å²) in [6.45, 7) is 10.3. The van der Waals surface area contributed by atoms with Crippen LogP contribution in [0.5, 0.6) is 5.75 Å². The summed E-state index contributed by atoms with van der Waals surface area (Å²) in [5, 5.41) is 0. The smallest absolute Gasteiger partial charge is 0.330 e. The van der Waals surface area contributed by atoms with E-state index in [9.17, 15) is 4.79 Å². The third-order valence-electron chi connectivity index (χ3n) is 3.74. The molecule has 1 atom stereocenters. The van der Waals surface area contributed by atoms with Gasteiger partial charge >= 0.3 is 5.97 Å². The number of methoxy groups -OCH3 is 1. The number of nitrogens with two attached hydrogens (primary N) is 1. The SMILES string of the molecule is CCOC(=O)C(N)(CC)c1cc(C(C)(C)C)ccc1OC. The van der Waals surface area contributed by atoms with Gasteiger partial charge in [0.2, 0.25) is 0 Å². The first-order chi connectivity index (χ1) is 9.70. The van der Waals surface area contributed by atoms with E-state index in [0.717, 1.165) is 5.56 Å². The van der Waals surface area contributed by atoms with Crippen LogP contribution in [0.1, 0.15) is 52.2 Å². The molecule has 2 N–H and O–H groups in total. The van der Waals surface area contributed by atoms with Crippen molar-refractivity contribution in [2.45, 2.75) is 52.0 Å². The van der Waals surface area contributed by atoms with Gasteiger partial charge in [0.05, 0.1) is 13.7 Å². The van der Waals surface area contributed by atoms with Crippen molar-refractivity contribution in [3.63, 3.8) is 0 Å². The van der Waals surface area contributed by atoms with E-state index >= 15 is 0 Å². The molecule has 0 spiro atoms. The molecule has 0 aromatic heterocycles. The van der Waals surface area contributed by atoms with Crippen LogP contribution in [0.25, 0.3) is 0 Å². The maximum Gasteiger partial charge on any atom is 0.330 e. The molecule has 4 heteroatoms. The van der Waals surface area contributed by atoms with E-state index in [0.29, 0.717) is 24.3 Å². The molecule has 0 bridgehead atoms. The van der Waals surface area contributed by atoms with Gasteiger partial charge < -0.3 is 15.2 Å².